The van der Waals surface area contributed by atoms with Gasteiger partial charge in [0, 0.05) is 19.6 Å². The van der Waals surface area contributed by atoms with Crippen LogP contribution in [0.4, 0.5) is 0 Å². The molecule has 1 saturated carbocycles. The van der Waals surface area contributed by atoms with E-state index in [-0.39, 0.29) is 41.5 Å². The molecule has 1 aromatic rings. The molecule has 7 heteroatoms. The Morgan fingerprint density at radius 3 is 2.43 bits per heavy atom. The SMILES string of the molecule is CCCCN1C(=O)c2ccc(C(=O)OCC(=O)N(C)C3CCC(C)CC3)cc2C1=O. The number of amides is 3. The second-order valence-corrected chi connectivity index (χ2v) is 8.37. The van der Waals surface area contributed by atoms with Gasteiger partial charge in [0.2, 0.25) is 0 Å². The lowest BCUT2D eigenvalue weighted by molar-refractivity contribution is -0.136. The Morgan fingerprint density at radius 1 is 1.10 bits per heavy atom. The number of imide groups is 1. The Kier molecular flexibility index (Phi) is 6.90. The summed E-state index contributed by atoms with van der Waals surface area (Å²) in [6.45, 7) is 4.23. The van der Waals surface area contributed by atoms with Gasteiger partial charge in [0.05, 0.1) is 16.7 Å². The Bertz CT molecular complexity index is 842. The zero-order valence-electron chi connectivity index (χ0n) is 18.0. The van der Waals surface area contributed by atoms with Crippen molar-refractivity contribution in [2.75, 3.05) is 20.2 Å². The fraction of sp³-hybridized carbons (Fsp3) is 0.565. The molecule has 2 aliphatic rings. The second-order valence-electron chi connectivity index (χ2n) is 8.37. The quantitative estimate of drug-likeness (QED) is 0.505. The Hall–Kier alpha value is -2.70. The number of nitrogens with zero attached hydrogens (tertiary/aromatic N) is 2. The van der Waals surface area contributed by atoms with Crippen LogP contribution in [0.5, 0.6) is 0 Å². The van der Waals surface area contributed by atoms with Gasteiger partial charge in [-0.05, 0) is 56.2 Å². The molecule has 1 aliphatic heterocycles. The first-order chi connectivity index (χ1) is 14.3. The van der Waals surface area contributed by atoms with Crippen molar-refractivity contribution in [2.45, 2.75) is 58.4 Å². The molecular formula is C23H30N2O5. The summed E-state index contributed by atoms with van der Waals surface area (Å²) in [5, 5.41) is 0. The minimum atomic E-state index is -0.677. The highest BCUT2D eigenvalue weighted by Crippen LogP contribution is 2.27. The number of esters is 1. The van der Waals surface area contributed by atoms with Crippen LogP contribution in [0.3, 0.4) is 0 Å². The lowest BCUT2D eigenvalue weighted by Crippen LogP contribution is -2.41. The minimum absolute atomic E-state index is 0.161. The standard InChI is InChI=1S/C23H30N2O5/c1-4-5-12-25-21(27)18-11-8-16(13-19(18)22(25)28)23(29)30-14-20(26)24(3)17-9-6-15(2)7-10-17/h8,11,13,15,17H,4-7,9-10,12,14H2,1-3H3. The van der Waals surface area contributed by atoms with Gasteiger partial charge in [-0.3, -0.25) is 19.3 Å². The molecule has 0 atom stereocenters. The zero-order chi connectivity index (χ0) is 21.8. The van der Waals surface area contributed by atoms with Gasteiger partial charge < -0.3 is 9.64 Å². The van der Waals surface area contributed by atoms with E-state index in [9.17, 15) is 19.2 Å². The van der Waals surface area contributed by atoms with Crippen LogP contribution in [0, 0.1) is 5.92 Å². The average molecular weight is 415 g/mol. The predicted molar refractivity (Wildman–Crippen MR) is 111 cm³/mol. The molecule has 0 unspecified atom stereocenters. The van der Waals surface area contributed by atoms with Crippen LogP contribution in [-0.4, -0.2) is 59.7 Å². The van der Waals surface area contributed by atoms with Gasteiger partial charge in [0.15, 0.2) is 6.61 Å². The van der Waals surface area contributed by atoms with Crippen LogP contribution in [0.2, 0.25) is 0 Å². The van der Waals surface area contributed by atoms with Gasteiger partial charge in [-0.1, -0.05) is 20.3 Å². The van der Waals surface area contributed by atoms with E-state index in [1.165, 1.54) is 23.1 Å². The summed E-state index contributed by atoms with van der Waals surface area (Å²) < 4.78 is 5.20. The molecule has 1 aliphatic carbocycles. The van der Waals surface area contributed by atoms with E-state index < -0.39 is 5.97 Å². The third-order valence-electron chi connectivity index (χ3n) is 6.19. The van der Waals surface area contributed by atoms with Crippen LogP contribution < -0.4 is 0 Å². The molecule has 0 spiro atoms. The third-order valence-corrected chi connectivity index (χ3v) is 6.19. The Morgan fingerprint density at radius 2 is 1.77 bits per heavy atom. The van der Waals surface area contributed by atoms with Gasteiger partial charge in [-0.25, -0.2) is 4.79 Å². The summed E-state index contributed by atoms with van der Waals surface area (Å²) in [4.78, 5) is 52.7. The van der Waals surface area contributed by atoms with Gasteiger partial charge in [0.25, 0.3) is 17.7 Å². The molecule has 0 N–H and O–H groups in total. The van der Waals surface area contributed by atoms with E-state index in [1.54, 1.807) is 11.9 Å². The van der Waals surface area contributed by atoms with E-state index >= 15 is 0 Å². The van der Waals surface area contributed by atoms with Crippen molar-refractivity contribution in [3.63, 3.8) is 0 Å². The lowest BCUT2D eigenvalue weighted by atomic mass is 9.87. The maximum atomic E-state index is 12.5. The fourth-order valence-corrected chi connectivity index (χ4v) is 4.08. The van der Waals surface area contributed by atoms with Crippen molar-refractivity contribution in [3.8, 4) is 0 Å². The number of likely N-dealkylation sites (N-methyl/N-ethyl adjacent to an activating group) is 1. The molecular weight excluding hydrogens is 384 g/mol. The van der Waals surface area contributed by atoms with Crippen LogP contribution in [0.15, 0.2) is 18.2 Å². The van der Waals surface area contributed by atoms with Crippen molar-refractivity contribution in [1.82, 2.24) is 9.80 Å². The van der Waals surface area contributed by atoms with E-state index in [1.807, 2.05) is 6.92 Å². The van der Waals surface area contributed by atoms with Crippen LogP contribution in [-0.2, 0) is 9.53 Å². The minimum Gasteiger partial charge on any atom is -0.452 e. The van der Waals surface area contributed by atoms with Crippen LogP contribution in [0.1, 0.15) is 83.4 Å². The smallest absolute Gasteiger partial charge is 0.338 e. The molecule has 3 rings (SSSR count). The molecule has 30 heavy (non-hydrogen) atoms. The molecule has 3 amide bonds. The normalized spacial score (nSPS) is 20.8. The number of ether oxygens (including phenoxy) is 1. The van der Waals surface area contributed by atoms with E-state index in [4.69, 9.17) is 4.74 Å². The molecule has 1 heterocycles. The first kappa shape index (κ1) is 22.0. The fourth-order valence-electron chi connectivity index (χ4n) is 4.08. The molecule has 1 fully saturated rings. The maximum Gasteiger partial charge on any atom is 0.338 e. The number of unbranched alkanes of at least 4 members (excludes halogenated alkanes) is 1. The number of fused-ring (bicyclic) bond motifs is 1. The Labute approximate surface area is 177 Å². The lowest BCUT2D eigenvalue weighted by Gasteiger charge is -2.33. The number of rotatable bonds is 7. The van der Waals surface area contributed by atoms with E-state index in [2.05, 4.69) is 6.92 Å². The molecule has 0 aromatic heterocycles. The summed E-state index contributed by atoms with van der Waals surface area (Å²) in [6, 6.07) is 4.52. The van der Waals surface area contributed by atoms with Crippen LogP contribution >= 0.6 is 0 Å². The Balaban J connectivity index is 1.59. The largest absolute Gasteiger partial charge is 0.452 e. The van der Waals surface area contributed by atoms with E-state index in [0.29, 0.717) is 18.0 Å². The number of hydrogen-bond donors (Lipinski definition) is 0. The molecule has 0 radical (unpaired) electrons. The van der Waals surface area contributed by atoms with Crippen molar-refractivity contribution in [1.29, 1.82) is 0 Å². The maximum absolute atomic E-state index is 12.5. The number of hydrogen-bond acceptors (Lipinski definition) is 5. The average Bonchev–Trinajstić information content (AvgIpc) is 2.99. The zero-order valence-corrected chi connectivity index (χ0v) is 18.0. The molecule has 7 nitrogen and oxygen atoms in total. The summed E-state index contributed by atoms with van der Waals surface area (Å²) in [5.41, 5.74) is 0.675. The van der Waals surface area contributed by atoms with Crippen molar-refractivity contribution in [2.24, 2.45) is 5.92 Å². The second kappa shape index (κ2) is 9.41. The molecule has 162 valence electrons. The summed E-state index contributed by atoms with van der Waals surface area (Å²) in [7, 11) is 1.75. The first-order valence-corrected chi connectivity index (χ1v) is 10.8. The highest BCUT2D eigenvalue weighted by atomic mass is 16.5. The van der Waals surface area contributed by atoms with E-state index in [0.717, 1.165) is 38.5 Å². The first-order valence-electron chi connectivity index (χ1n) is 10.8. The van der Waals surface area contributed by atoms with Crippen LogP contribution in [0.25, 0.3) is 0 Å². The number of carbonyl (C=O) groups excluding carboxylic acids is 4. The summed E-state index contributed by atoms with van der Waals surface area (Å²) >= 11 is 0. The predicted octanol–water partition coefficient (Wildman–Crippen LogP) is 3.28. The highest BCUT2D eigenvalue weighted by Gasteiger charge is 2.35. The van der Waals surface area contributed by atoms with Crippen molar-refractivity contribution >= 4 is 23.7 Å². The third kappa shape index (κ3) is 4.55. The number of carbonyl (C=O) groups is 4. The van der Waals surface area contributed by atoms with Crippen molar-refractivity contribution < 1.29 is 23.9 Å². The highest BCUT2D eigenvalue weighted by molar-refractivity contribution is 6.21. The van der Waals surface area contributed by atoms with Crippen molar-refractivity contribution in [3.05, 3.63) is 34.9 Å². The molecule has 0 saturated heterocycles. The van der Waals surface area contributed by atoms with Gasteiger partial charge in [-0.15, -0.1) is 0 Å². The van der Waals surface area contributed by atoms with Gasteiger partial charge in [-0.2, -0.15) is 0 Å². The number of benzene rings is 1. The molecule has 0 bridgehead atoms. The topological polar surface area (TPSA) is 84.0 Å². The van der Waals surface area contributed by atoms with Gasteiger partial charge in [0.1, 0.15) is 0 Å². The molecule has 1 aromatic carbocycles. The monoisotopic (exact) mass is 414 g/mol. The summed E-state index contributed by atoms with van der Waals surface area (Å²) in [6.07, 6.45) is 5.72. The van der Waals surface area contributed by atoms with Gasteiger partial charge >= 0.3 is 5.97 Å². The summed E-state index contributed by atoms with van der Waals surface area (Å²) in [5.74, 6) is -0.942.